The summed E-state index contributed by atoms with van der Waals surface area (Å²) in [6.45, 7) is 8.73. The van der Waals surface area contributed by atoms with Gasteiger partial charge in [0.25, 0.3) is 0 Å². The molecule has 1 saturated heterocycles. The number of carbonyl (C=O) groups excluding carboxylic acids is 2. The average molecular weight is 378 g/mol. The van der Waals surface area contributed by atoms with E-state index in [1.54, 1.807) is 12.1 Å². The maximum absolute atomic E-state index is 13.2. The van der Waals surface area contributed by atoms with Gasteiger partial charge in [-0.3, -0.25) is 9.59 Å². The minimum absolute atomic E-state index is 0.0414. The first-order valence-electron chi connectivity index (χ1n) is 9.92. The van der Waals surface area contributed by atoms with Crippen molar-refractivity contribution in [2.75, 3.05) is 31.1 Å². The fourth-order valence-corrected chi connectivity index (χ4v) is 3.87. The van der Waals surface area contributed by atoms with Crippen LogP contribution in [0, 0.1) is 23.6 Å². The van der Waals surface area contributed by atoms with Crippen LogP contribution in [0.5, 0.6) is 0 Å². The molecule has 0 aromatic heterocycles. The molecule has 1 aromatic rings. The van der Waals surface area contributed by atoms with Crippen LogP contribution < -0.4 is 10.6 Å². The van der Waals surface area contributed by atoms with E-state index in [0.717, 1.165) is 12.1 Å². The zero-order valence-electron chi connectivity index (χ0n) is 16.7. The van der Waals surface area contributed by atoms with Crippen molar-refractivity contribution in [2.45, 2.75) is 40.0 Å². The van der Waals surface area contributed by atoms with E-state index in [-0.39, 0.29) is 23.5 Å². The number of amides is 2. The third-order valence-electron chi connectivity index (χ3n) is 5.28. The van der Waals surface area contributed by atoms with Gasteiger partial charge in [0.15, 0.2) is 0 Å². The molecule has 2 atom stereocenters. The summed E-state index contributed by atoms with van der Waals surface area (Å²) < 4.78 is 13.1. The summed E-state index contributed by atoms with van der Waals surface area (Å²) in [6.07, 6.45) is 2.15. The molecule has 1 aromatic carbocycles. The molecule has 0 unspecified atom stereocenters. The van der Waals surface area contributed by atoms with E-state index in [4.69, 9.17) is 5.73 Å². The molecule has 2 rings (SSSR count). The van der Waals surface area contributed by atoms with Gasteiger partial charge in [0.2, 0.25) is 11.8 Å². The first-order chi connectivity index (χ1) is 12.8. The van der Waals surface area contributed by atoms with Crippen molar-refractivity contribution >= 4 is 17.5 Å². The predicted octanol–water partition coefficient (Wildman–Crippen LogP) is 3.04. The van der Waals surface area contributed by atoms with E-state index in [0.29, 0.717) is 44.9 Å². The molecule has 1 aliphatic heterocycles. The van der Waals surface area contributed by atoms with Gasteiger partial charge in [-0.05, 0) is 43.0 Å². The molecule has 150 valence electrons. The van der Waals surface area contributed by atoms with E-state index in [1.165, 1.54) is 12.1 Å². The molecular weight excluding hydrogens is 345 g/mol. The van der Waals surface area contributed by atoms with Crippen molar-refractivity contribution in [3.63, 3.8) is 0 Å². The first-order valence-corrected chi connectivity index (χ1v) is 9.92. The Labute approximate surface area is 161 Å². The number of benzene rings is 1. The molecule has 0 bridgehead atoms. The molecule has 2 amide bonds. The van der Waals surface area contributed by atoms with Crippen LogP contribution in [0.1, 0.15) is 40.0 Å². The van der Waals surface area contributed by atoms with Crippen LogP contribution in [0.3, 0.4) is 0 Å². The highest BCUT2D eigenvalue weighted by Gasteiger charge is 2.35. The van der Waals surface area contributed by atoms with E-state index in [1.807, 2.05) is 11.8 Å². The lowest BCUT2D eigenvalue weighted by molar-refractivity contribution is -0.142. The Morgan fingerprint density at radius 2 is 1.67 bits per heavy atom. The van der Waals surface area contributed by atoms with Gasteiger partial charge >= 0.3 is 0 Å². The summed E-state index contributed by atoms with van der Waals surface area (Å²) in [5.41, 5.74) is 6.59. The lowest BCUT2D eigenvalue weighted by atomic mass is 9.81. The fraction of sp³-hybridized carbons (Fsp3) is 0.619. The number of hydrogen-bond acceptors (Lipinski definition) is 3. The smallest absolute Gasteiger partial charge is 0.226 e. The zero-order chi connectivity index (χ0) is 20.0. The lowest BCUT2D eigenvalue weighted by Gasteiger charge is -2.39. The van der Waals surface area contributed by atoms with Gasteiger partial charge in [0.05, 0.1) is 0 Å². The molecule has 0 radical (unpaired) electrons. The second-order valence-corrected chi connectivity index (χ2v) is 7.82. The number of piperazine rings is 1. The second kappa shape index (κ2) is 9.72. The van der Waals surface area contributed by atoms with Crippen LogP contribution >= 0.6 is 0 Å². The second-order valence-electron chi connectivity index (χ2n) is 7.82. The third-order valence-corrected chi connectivity index (χ3v) is 5.28. The Morgan fingerprint density at radius 3 is 2.15 bits per heavy atom. The molecule has 2 N–H and O–H groups in total. The van der Waals surface area contributed by atoms with E-state index >= 15 is 0 Å². The van der Waals surface area contributed by atoms with Crippen molar-refractivity contribution in [1.29, 1.82) is 0 Å². The van der Waals surface area contributed by atoms with Crippen LogP contribution in [-0.4, -0.2) is 42.9 Å². The van der Waals surface area contributed by atoms with Gasteiger partial charge in [-0.15, -0.1) is 0 Å². The number of nitrogens with two attached hydrogens (primary N) is 1. The molecule has 1 fully saturated rings. The van der Waals surface area contributed by atoms with Crippen LogP contribution in [0.25, 0.3) is 0 Å². The van der Waals surface area contributed by atoms with E-state index in [2.05, 4.69) is 18.7 Å². The van der Waals surface area contributed by atoms with Crippen molar-refractivity contribution in [3.8, 4) is 0 Å². The van der Waals surface area contributed by atoms with Gasteiger partial charge < -0.3 is 15.5 Å². The summed E-state index contributed by atoms with van der Waals surface area (Å²) in [5.74, 6) is -1.02. The minimum atomic E-state index is -0.403. The summed E-state index contributed by atoms with van der Waals surface area (Å²) >= 11 is 0. The zero-order valence-corrected chi connectivity index (χ0v) is 16.7. The Hall–Kier alpha value is -2.11. The normalized spacial score (nSPS) is 17.1. The van der Waals surface area contributed by atoms with Gasteiger partial charge in [-0.25, -0.2) is 4.39 Å². The number of rotatable bonds is 8. The molecule has 5 nitrogen and oxygen atoms in total. The van der Waals surface area contributed by atoms with Crippen LogP contribution in [0.15, 0.2) is 24.3 Å². The van der Waals surface area contributed by atoms with Crippen molar-refractivity contribution in [1.82, 2.24) is 4.90 Å². The van der Waals surface area contributed by atoms with Crippen LogP contribution in [0.4, 0.5) is 10.1 Å². The molecule has 1 aliphatic rings. The highest BCUT2D eigenvalue weighted by atomic mass is 19.1. The van der Waals surface area contributed by atoms with Gasteiger partial charge in [0.1, 0.15) is 5.82 Å². The van der Waals surface area contributed by atoms with Gasteiger partial charge in [-0.1, -0.05) is 27.2 Å². The number of anilines is 1. The molecule has 6 heteroatoms. The molecule has 0 spiro atoms. The predicted molar refractivity (Wildman–Crippen MR) is 106 cm³/mol. The summed E-state index contributed by atoms with van der Waals surface area (Å²) in [6, 6.07) is 6.43. The van der Waals surface area contributed by atoms with Crippen molar-refractivity contribution in [3.05, 3.63) is 30.1 Å². The topological polar surface area (TPSA) is 66.6 Å². The molecule has 0 saturated carbocycles. The molecule has 1 heterocycles. The largest absolute Gasteiger partial charge is 0.369 e. The van der Waals surface area contributed by atoms with E-state index in [9.17, 15) is 14.0 Å². The summed E-state index contributed by atoms with van der Waals surface area (Å²) in [5, 5.41) is 0. The van der Waals surface area contributed by atoms with Gasteiger partial charge in [0, 0.05) is 43.7 Å². The summed E-state index contributed by atoms with van der Waals surface area (Å²) in [7, 11) is 0. The standard InChI is InChI=1S/C21H32FN3O2/c1-4-5-18(20(23)26)19(14-15(2)3)21(27)25-12-10-24(11-13-25)17-8-6-16(22)7-9-17/h6-9,15,18-19H,4-5,10-14H2,1-3H3,(H2,23,26)/t18-,19+/m0/s1. The Morgan fingerprint density at radius 1 is 1.07 bits per heavy atom. The van der Waals surface area contributed by atoms with Crippen LogP contribution in [-0.2, 0) is 9.59 Å². The number of nitrogens with zero attached hydrogens (tertiary/aromatic N) is 2. The number of primary amides is 1. The van der Waals surface area contributed by atoms with Crippen molar-refractivity contribution < 1.29 is 14.0 Å². The average Bonchev–Trinajstić information content (AvgIpc) is 2.64. The Kier molecular flexibility index (Phi) is 7.63. The lowest BCUT2D eigenvalue weighted by Crippen LogP contribution is -2.52. The highest BCUT2D eigenvalue weighted by molar-refractivity contribution is 5.87. The quantitative estimate of drug-likeness (QED) is 0.757. The fourth-order valence-electron chi connectivity index (χ4n) is 3.87. The number of hydrogen-bond donors (Lipinski definition) is 1. The Balaban J connectivity index is 2.05. The number of halogens is 1. The minimum Gasteiger partial charge on any atom is -0.369 e. The maximum Gasteiger partial charge on any atom is 0.226 e. The number of carbonyl (C=O) groups is 2. The molecule has 27 heavy (non-hydrogen) atoms. The molecular formula is C21H32FN3O2. The first kappa shape index (κ1) is 21.2. The highest BCUT2D eigenvalue weighted by Crippen LogP contribution is 2.28. The van der Waals surface area contributed by atoms with Crippen LogP contribution in [0.2, 0.25) is 0 Å². The molecule has 0 aliphatic carbocycles. The van der Waals surface area contributed by atoms with E-state index < -0.39 is 5.92 Å². The Bertz CT molecular complexity index is 625. The summed E-state index contributed by atoms with van der Waals surface area (Å²) in [4.78, 5) is 29.2. The van der Waals surface area contributed by atoms with Crippen molar-refractivity contribution in [2.24, 2.45) is 23.5 Å². The SMILES string of the molecule is CCC[C@H](C(N)=O)[C@@H](CC(C)C)C(=O)N1CCN(c2ccc(F)cc2)CC1. The maximum atomic E-state index is 13.2. The van der Waals surface area contributed by atoms with Gasteiger partial charge in [-0.2, -0.15) is 0 Å². The third kappa shape index (κ3) is 5.68. The monoisotopic (exact) mass is 377 g/mol.